The molecule has 15 heavy (non-hydrogen) atoms. The highest BCUT2D eigenvalue weighted by Gasteiger charge is 2.00. The Hall–Kier alpha value is -0.690. The van der Waals surface area contributed by atoms with Gasteiger partial charge in [0.1, 0.15) is 0 Å². The van der Waals surface area contributed by atoms with Gasteiger partial charge >= 0.3 is 0 Å². The number of hydrazone groups is 1. The van der Waals surface area contributed by atoms with Crippen LogP contribution in [0, 0.1) is 0 Å². The van der Waals surface area contributed by atoms with Crippen molar-refractivity contribution in [2.45, 2.75) is 12.8 Å². The van der Waals surface area contributed by atoms with Gasteiger partial charge in [-0.2, -0.15) is 5.10 Å². The standard InChI is InChI=1S/C8H15N3O2S2/c1-9-7(12)3-5-14-15-6-4-8(13)11-10-2/h2-6H2,1H3,(H,9,12)(H,11,13)/i2D. The van der Waals surface area contributed by atoms with Gasteiger partial charge < -0.3 is 5.32 Å². The van der Waals surface area contributed by atoms with E-state index in [2.05, 4.69) is 15.8 Å². The summed E-state index contributed by atoms with van der Waals surface area (Å²) in [5.74, 6) is 1.22. The highest BCUT2D eigenvalue weighted by atomic mass is 33.1. The van der Waals surface area contributed by atoms with E-state index in [-0.39, 0.29) is 11.8 Å². The van der Waals surface area contributed by atoms with Gasteiger partial charge in [0.25, 0.3) is 0 Å². The van der Waals surface area contributed by atoms with Gasteiger partial charge in [-0.25, -0.2) is 5.43 Å². The average molecular weight is 250 g/mol. The molecule has 2 N–H and O–H groups in total. The second-order valence-corrected chi connectivity index (χ2v) is 5.18. The fourth-order valence-electron chi connectivity index (χ4n) is 0.639. The molecule has 0 aliphatic rings. The van der Waals surface area contributed by atoms with E-state index in [0.29, 0.717) is 18.6 Å². The summed E-state index contributed by atoms with van der Waals surface area (Å²) < 4.78 is 6.57. The van der Waals surface area contributed by atoms with Crippen molar-refractivity contribution < 1.29 is 11.0 Å². The smallest absolute Gasteiger partial charge is 0.240 e. The molecule has 0 spiro atoms. The minimum absolute atomic E-state index is 0.0237. The number of nitrogens with one attached hydrogen (secondary N) is 2. The highest BCUT2D eigenvalue weighted by Crippen LogP contribution is 2.22. The number of hydrogen-bond acceptors (Lipinski definition) is 5. The molecule has 0 heterocycles. The molecule has 0 fully saturated rings. The van der Waals surface area contributed by atoms with E-state index in [1.807, 2.05) is 0 Å². The van der Waals surface area contributed by atoms with E-state index in [9.17, 15) is 9.59 Å². The number of carbonyl (C=O) groups excluding carboxylic acids is 2. The summed E-state index contributed by atoms with van der Waals surface area (Å²) in [7, 11) is 4.72. The van der Waals surface area contributed by atoms with Crippen LogP contribution < -0.4 is 10.7 Å². The first-order valence-corrected chi connectivity index (χ1v) is 6.83. The fourth-order valence-corrected chi connectivity index (χ4v) is 2.62. The Balaban J connectivity index is 3.26. The van der Waals surface area contributed by atoms with Gasteiger partial charge in [-0.15, -0.1) is 0 Å². The molecule has 2 amide bonds. The third-order valence-corrected chi connectivity index (χ3v) is 3.78. The predicted octanol–water partition coefficient (Wildman–Crippen LogP) is 0.626. The van der Waals surface area contributed by atoms with Gasteiger partial charge in [0.15, 0.2) is 0 Å². The summed E-state index contributed by atoms with van der Waals surface area (Å²) in [5.41, 5.74) is 2.21. The van der Waals surface area contributed by atoms with Crippen molar-refractivity contribution in [3.63, 3.8) is 0 Å². The van der Waals surface area contributed by atoms with E-state index in [0.717, 1.165) is 12.4 Å². The van der Waals surface area contributed by atoms with Crippen LogP contribution in [0.4, 0.5) is 0 Å². The van der Waals surface area contributed by atoms with Crippen LogP contribution in [0.25, 0.3) is 0 Å². The fraction of sp³-hybridized carbons (Fsp3) is 0.625. The maximum atomic E-state index is 11.0. The third kappa shape index (κ3) is 9.61. The van der Waals surface area contributed by atoms with Crippen LogP contribution in [-0.4, -0.2) is 37.1 Å². The third-order valence-electron chi connectivity index (χ3n) is 1.38. The monoisotopic (exact) mass is 250 g/mol. The lowest BCUT2D eigenvalue weighted by Crippen LogP contribution is -2.17. The van der Waals surface area contributed by atoms with E-state index in [1.165, 1.54) is 0 Å². The van der Waals surface area contributed by atoms with E-state index in [4.69, 9.17) is 1.37 Å². The zero-order chi connectivity index (χ0) is 12.2. The Labute approximate surface area is 98.6 Å². The van der Waals surface area contributed by atoms with Gasteiger partial charge in [-0.1, -0.05) is 21.6 Å². The molecule has 0 saturated heterocycles. The van der Waals surface area contributed by atoms with E-state index < -0.39 is 0 Å². The molecule has 5 nitrogen and oxygen atoms in total. The van der Waals surface area contributed by atoms with Crippen molar-refractivity contribution in [3.05, 3.63) is 0 Å². The van der Waals surface area contributed by atoms with Gasteiger partial charge in [-0.3, -0.25) is 9.59 Å². The van der Waals surface area contributed by atoms with Crippen molar-refractivity contribution in [1.29, 1.82) is 0 Å². The maximum Gasteiger partial charge on any atom is 0.240 e. The Morgan fingerprint density at radius 1 is 1.33 bits per heavy atom. The molecular formula is C8H15N3O2S2. The van der Waals surface area contributed by atoms with Gasteiger partial charge in [0, 0.05) is 38.1 Å². The largest absolute Gasteiger partial charge is 0.359 e. The van der Waals surface area contributed by atoms with Crippen molar-refractivity contribution in [2.75, 3.05) is 18.6 Å². The maximum absolute atomic E-state index is 11.0. The van der Waals surface area contributed by atoms with Crippen LogP contribution in [0.2, 0.25) is 0 Å². The first-order chi connectivity index (χ1) is 7.70. The second kappa shape index (κ2) is 9.85. The molecule has 0 aliphatic carbocycles. The van der Waals surface area contributed by atoms with Crippen LogP contribution in [-0.2, 0) is 9.59 Å². The van der Waals surface area contributed by atoms with Crippen LogP contribution in [0.15, 0.2) is 5.10 Å². The Bertz CT molecular complexity index is 251. The van der Waals surface area contributed by atoms with Crippen molar-refractivity contribution in [2.24, 2.45) is 5.10 Å². The molecule has 7 heteroatoms. The van der Waals surface area contributed by atoms with Gasteiger partial charge in [0.2, 0.25) is 11.8 Å². The summed E-state index contributed by atoms with van der Waals surface area (Å²) in [6.45, 7) is 0.781. The molecule has 0 aromatic carbocycles. The number of nitrogens with zero attached hydrogens (tertiary/aromatic N) is 1. The SMILES string of the molecule is [2H]C=NNC(=O)CCSSCCC(=O)NC. The topological polar surface area (TPSA) is 70.6 Å². The molecule has 0 rings (SSSR count). The van der Waals surface area contributed by atoms with Crippen molar-refractivity contribution >= 4 is 40.1 Å². The van der Waals surface area contributed by atoms with Crippen LogP contribution in [0.1, 0.15) is 14.2 Å². The van der Waals surface area contributed by atoms with E-state index in [1.54, 1.807) is 28.6 Å². The first-order valence-electron chi connectivity index (χ1n) is 4.92. The zero-order valence-corrected chi connectivity index (χ0v) is 10.1. The van der Waals surface area contributed by atoms with E-state index >= 15 is 0 Å². The zero-order valence-electron chi connectivity index (χ0n) is 9.49. The molecule has 0 aromatic heterocycles. The summed E-state index contributed by atoms with van der Waals surface area (Å²) in [6, 6.07) is 0. The Morgan fingerprint density at radius 3 is 2.47 bits per heavy atom. The molecule has 0 unspecified atom stereocenters. The lowest BCUT2D eigenvalue weighted by molar-refractivity contribution is -0.121. The predicted molar refractivity (Wildman–Crippen MR) is 65.9 cm³/mol. The molecule has 0 atom stereocenters. The normalized spacial score (nSPS) is 11.1. The summed E-state index contributed by atoms with van der Waals surface area (Å²) >= 11 is 0. The van der Waals surface area contributed by atoms with Crippen LogP contribution in [0.5, 0.6) is 0 Å². The van der Waals surface area contributed by atoms with Crippen molar-refractivity contribution in [1.82, 2.24) is 10.7 Å². The number of hydrogen-bond donors (Lipinski definition) is 2. The first kappa shape index (κ1) is 12.4. The number of rotatable bonds is 8. The Kier molecular flexibility index (Phi) is 8.13. The molecule has 86 valence electrons. The van der Waals surface area contributed by atoms with Crippen LogP contribution in [0.3, 0.4) is 0 Å². The lowest BCUT2D eigenvalue weighted by atomic mass is 10.5. The molecule has 0 aromatic rings. The minimum Gasteiger partial charge on any atom is -0.359 e. The molecule has 0 saturated carbocycles. The molecular weight excluding hydrogens is 234 g/mol. The summed E-state index contributed by atoms with van der Waals surface area (Å²) in [4.78, 5) is 21.8. The minimum atomic E-state index is -0.206. The second-order valence-electron chi connectivity index (χ2n) is 2.48. The lowest BCUT2D eigenvalue weighted by Gasteiger charge is -2.00. The van der Waals surface area contributed by atoms with Crippen LogP contribution >= 0.6 is 21.6 Å². The Morgan fingerprint density at radius 2 is 1.93 bits per heavy atom. The summed E-state index contributed by atoms with van der Waals surface area (Å²) in [6.07, 6.45) is 0.846. The molecule has 0 aliphatic heterocycles. The molecule has 0 bridgehead atoms. The molecule has 0 radical (unpaired) electrons. The highest BCUT2D eigenvalue weighted by molar-refractivity contribution is 8.76. The van der Waals surface area contributed by atoms with Crippen molar-refractivity contribution in [3.8, 4) is 0 Å². The number of carbonyl (C=O) groups is 2. The van der Waals surface area contributed by atoms with Gasteiger partial charge in [0.05, 0.1) is 1.37 Å². The summed E-state index contributed by atoms with van der Waals surface area (Å²) in [5, 5.41) is 5.83. The quantitative estimate of drug-likeness (QED) is 0.287. The number of amides is 2. The average Bonchev–Trinajstić information content (AvgIpc) is 2.30. The van der Waals surface area contributed by atoms with Gasteiger partial charge in [-0.05, 0) is 0 Å².